The zero-order chi connectivity index (χ0) is 38.6. The molecule has 0 spiro atoms. The Morgan fingerprint density at radius 1 is 1.25 bits per heavy atom. The number of rotatable bonds is 12. The van der Waals surface area contributed by atoms with Crippen LogP contribution in [0.4, 0.5) is 5.13 Å². The number of anilines is 1. The molecule has 286 valence electrons. The van der Waals surface area contributed by atoms with E-state index >= 15 is 0 Å². The molecule has 0 saturated carbocycles. The number of phenolic OH excluding ortho intramolecular Hbond substituents is 2. The van der Waals surface area contributed by atoms with Crippen molar-refractivity contribution in [3.05, 3.63) is 45.2 Å². The molecule has 3 amide bonds. The summed E-state index contributed by atoms with van der Waals surface area (Å²) in [7, 11) is 0. The number of hydrogen-bond acceptors (Lipinski definition) is 16. The Hall–Kier alpha value is -3.99. The second kappa shape index (κ2) is 15.5. The number of aliphatic carboxylic acids is 1. The van der Waals surface area contributed by atoms with Crippen molar-refractivity contribution < 1.29 is 73.4 Å². The number of fused-ring (bicyclic) bond motifs is 2. The number of hydrogen-bond donors (Lipinski definition) is 5. The number of benzene rings is 1. The molecule has 0 radical (unpaired) electrons. The molecule has 0 unspecified atom stereocenters. The van der Waals surface area contributed by atoms with Gasteiger partial charge in [-0.25, -0.2) is 4.98 Å². The van der Waals surface area contributed by atoms with Gasteiger partial charge >= 0.3 is 29.6 Å². The van der Waals surface area contributed by atoms with E-state index in [-0.39, 0.29) is 68.0 Å². The van der Waals surface area contributed by atoms with Gasteiger partial charge in [0, 0.05) is 42.4 Å². The summed E-state index contributed by atoms with van der Waals surface area (Å²) < 4.78 is 0.661. The first kappa shape index (κ1) is 40.7. The molecule has 2 atom stereocenters. The first-order valence-corrected chi connectivity index (χ1v) is 19.2. The van der Waals surface area contributed by atoms with Crippen LogP contribution in [0.5, 0.6) is 11.5 Å². The molecule has 7 rings (SSSR count). The summed E-state index contributed by atoms with van der Waals surface area (Å²) in [6.45, 7) is 4.97. The average molecular weight is 824 g/mol. The van der Waals surface area contributed by atoms with E-state index in [9.17, 15) is 34.5 Å². The second-order valence-corrected chi connectivity index (χ2v) is 16.4. The van der Waals surface area contributed by atoms with Crippen molar-refractivity contribution in [2.24, 2.45) is 5.16 Å². The van der Waals surface area contributed by atoms with E-state index in [1.807, 2.05) is 0 Å². The molecule has 19 nitrogen and oxygen atoms in total. The zero-order valence-corrected chi connectivity index (χ0v) is 34.3. The minimum atomic E-state index is -1.88. The van der Waals surface area contributed by atoms with E-state index in [1.54, 1.807) is 0 Å². The Balaban J connectivity index is 0.00000514. The number of thiazole rings is 1. The van der Waals surface area contributed by atoms with Crippen molar-refractivity contribution in [2.75, 3.05) is 37.7 Å². The van der Waals surface area contributed by atoms with Crippen LogP contribution >= 0.6 is 34.7 Å². The fourth-order valence-electron chi connectivity index (χ4n) is 7.78. The predicted molar refractivity (Wildman–Crippen MR) is 191 cm³/mol. The van der Waals surface area contributed by atoms with Gasteiger partial charge in [0.25, 0.3) is 17.7 Å². The third kappa shape index (κ3) is 7.26. The van der Waals surface area contributed by atoms with Gasteiger partial charge in [-0.15, -0.1) is 23.1 Å². The molecule has 3 fully saturated rings. The fourth-order valence-corrected chi connectivity index (χ4v) is 9.90. The normalized spacial score (nSPS) is 24.7. The van der Waals surface area contributed by atoms with Crippen molar-refractivity contribution in [1.29, 1.82) is 0 Å². The molecule has 3 saturated heterocycles. The number of aromatic hydroxyl groups is 2. The third-order valence-corrected chi connectivity index (χ3v) is 13.0. The number of nitrogens with two attached hydrogens (primary N) is 1. The van der Waals surface area contributed by atoms with E-state index < -0.39 is 52.2 Å². The van der Waals surface area contributed by atoms with E-state index in [1.165, 1.54) is 48.0 Å². The summed E-state index contributed by atoms with van der Waals surface area (Å²) in [6.07, 6.45) is 3.54. The quantitative estimate of drug-likeness (QED) is 0.0297. The van der Waals surface area contributed by atoms with Crippen LogP contribution in [0.15, 0.2) is 28.2 Å². The van der Waals surface area contributed by atoms with E-state index in [0.717, 1.165) is 55.7 Å². The fraction of sp³-hybridized carbons (Fsp3) is 0.469. The number of carboxylic acid groups (broad SMARTS) is 1. The second-order valence-electron chi connectivity index (χ2n) is 14.1. The van der Waals surface area contributed by atoms with Crippen molar-refractivity contribution in [1.82, 2.24) is 41.1 Å². The van der Waals surface area contributed by atoms with Gasteiger partial charge in [-0.2, -0.15) is 5.21 Å². The third-order valence-electron chi connectivity index (χ3n) is 10.6. The molecule has 0 aliphatic carbocycles. The van der Waals surface area contributed by atoms with Gasteiger partial charge < -0.3 is 50.9 Å². The van der Waals surface area contributed by atoms with Crippen molar-refractivity contribution in [3.8, 4) is 11.5 Å². The first-order valence-electron chi connectivity index (χ1n) is 16.9. The van der Waals surface area contributed by atoms with E-state index in [2.05, 4.69) is 41.4 Å². The molecule has 55 heavy (non-hydrogen) atoms. The number of oxime groups is 1. The van der Waals surface area contributed by atoms with Gasteiger partial charge in [-0.05, 0) is 26.0 Å². The van der Waals surface area contributed by atoms with Crippen LogP contribution in [-0.4, -0.2) is 124 Å². The number of amides is 3. The summed E-state index contributed by atoms with van der Waals surface area (Å²) in [5, 5.41) is 57.3. The van der Waals surface area contributed by atoms with Gasteiger partial charge in [-0.3, -0.25) is 29.6 Å². The van der Waals surface area contributed by atoms with Gasteiger partial charge in [-0.1, -0.05) is 16.8 Å². The number of nitrogens with one attached hydrogen (secondary N) is 2. The Morgan fingerprint density at radius 2 is 1.98 bits per heavy atom. The first-order chi connectivity index (χ1) is 25.7. The van der Waals surface area contributed by atoms with Gasteiger partial charge in [0.05, 0.1) is 47.7 Å². The Bertz CT molecular complexity index is 2090. The molecule has 0 bridgehead atoms. The van der Waals surface area contributed by atoms with Crippen molar-refractivity contribution in [3.63, 3.8) is 0 Å². The smallest absolute Gasteiger partial charge is 0.546 e. The topological polar surface area (TPSA) is 272 Å². The number of aromatic nitrogens is 5. The van der Waals surface area contributed by atoms with Crippen molar-refractivity contribution >= 4 is 74.9 Å². The number of nitrogens with zero attached hydrogens (tertiary/aromatic N) is 8. The number of thioether (sulfide) groups is 1. The van der Waals surface area contributed by atoms with E-state index in [0.29, 0.717) is 29.0 Å². The maximum Gasteiger partial charge on any atom is 1.00 e. The summed E-state index contributed by atoms with van der Waals surface area (Å²) in [4.78, 5) is 63.1. The molecule has 4 aliphatic rings. The largest absolute Gasteiger partial charge is 1.00 e. The average Bonchev–Trinajstić information content (AvgIpc) is 3.94. The molecule has 3 aromatic rings. The Morgan fingerprint density at radius 3 is 2.62 bits per heavy atom. The number of β-lactam (4-membered cyclic amide) rings is 1. The zero-order valence-electron chi connectivity index (χ0n) is 29.9. The standard InChI is InChI=1S/C32H36ClN11O8S2.Na/c1-31(2,29(50)51)52-40-20(17-13-54-30(34)36-17)26(48)37-21-27(49)43-22(24-38-41-42-39-24)15(12-53-28(21)43)11-44-9-3-7-32(44,8-4-10-44)14-35-25(47)16-5-6-18(45)23(46)19(16)33;/h5-6,13,21,28H,3-4,7-12,14H2,1-2H3,(H7-,34,35,36,37,38,39,40,41,42,45,46,47,48,50,51);/q;+1/p-1/t21-,28-,32?,44?;/m1./s1. The van der Waals surface area contributed by atoms with Crippen LogP contribution in [0.2, 0.25) is 5.02 Å². The van der Waals surface area contributed by atoms with Crippen molar-refractivity contribution in [2.45, 2.75) is 62.1 Å². The summed E-state index contributed by atoms with van der Waals surface area (Å²) in [5.41, 5.74) is 4.65. The molecule has 6 N–H and O–H groups in total. The summed E-state index contributed by atoms with van der Waals surface area (Å²) in [6, 6.07) is 1.57. The van der Waals surface area contributed by atoms with Gasteiger partial charge in [0.1, 0.15) is 29.2 Å². The van der Waals surface area contributed by atoms with Gasteiger partial charge in [0.15, 0.2) is 27.9 Å². The molecule has 6 heterocycles. The van der Waals surface area contributed by atoms with Crippen LogP contribution in [0.1, 0.15) is 61.4 Å². The minimum Gasteiger partial charge on any atom is -0.546 e. The molecule has 23 heteroatoms. The number of carbonyl (C=O) groups is 4. The molecular formula is C32H35ClN11NaO8S2. The maximum atomic E-state index is 13.9. The van der Waals surface area contributed by atoms with Gasteiger partial charge in [0.2, 0.25) is 0 Å². The maximum absolute atomic E-state index is 13.9. The van der Waals surface area contributed by atoms with E-state index in [4.69, 9.17) is 22.2 Å². The van der Waals surface area contributed by atoms with Crippen LogP contribution in [0, 0.1) is 0 Å². The number of tetrazole rings is 1. The van der Waals surface area contributed by atoms with Crippen LogP contribution in [0.3, 0.4) is 0 Å². The SMILES string of the molecule is CC(C)(O/N=C(\C(=O)N[C@@H]1C(=O)N2C(c3nnn[n-]3)=C(C[N+]34CCCC3(CNC(=O)c3ccc(O)c(O)c3Cl)CCC4)CS[C@H]12)c1csc(N)n1)C(=O)[O-].[Na+]. The Labute approximate surface area is 348 Å². The number of quaternary nitrogens is 1. The summed E-state index contributed by atoms with van der Waals surface area (Å²) in [5.74, 6) is -3.66. The van der Waals surface area contributed by atoms with Crippen LogP contribution < -0.4 is 56.1 Å². The number of carbonyl (C=O) groups excluding carboxylic acids is 4. The number of halogens is 1. The number of carboxylic acids is 1. The molecule has 2 aromatic heterocycles. The molecule has 4 aliphatic heterocycles. The summed E-state index contributed by atoms with van der Waals surface area (Å²) >= 11 is 8.67. The molecule has 1 aromatic carbocycles. The number of nitrogen functional groups attached to an aromatic ring is 1. The Kier molecular flexibility index (Phi) is 11.5. The number of phenols is 2. The van der Waals surface area contributed by atoms with Crippen LogP contribution in [-0.2, 0) is 19.2 Å². The predicted octanol–water partition coefficient (Wildman–Crippen LogP) is -3.43. The monoisotopic (exact) mass is 823 g/mol. The minimum absolute atomic E-state index is 0. The molecular weight excluding hydrogens is 789 g/mol. The van der Waals surface area contributed by atoms with Crippen LogP contribution in [0.25, 0.3) is 5.70 Å².